The van der Waals surface area contributed by atoms with Crippen LogP contribution in [0.25, 0.3) is 0 Å². The van der Waals surface area contributed by atoms with E-state index in [4.69, 9.17) is 4.74 Å². The molecule has 0 atom stereocenters. The molecule has 1 fully saturated rings. The van der Waals surface area contributed by atoms with Crippen LogP contribution in [-0.4, -0.2) is 24.0 Å². The monoisotopic (exact) mass is 236 g/mol. The predicted octanol–water partition coefficient (Wildman–Crippen LogP) is 1.50. The quantitative estimate of drug-likeness (QED) is 0.634. The zero-order valence-electron chi connectivity index (χ0n) is 9.30. The van der Waals surface area contributed by atoms with Crippen LogP contribution in [0, 0.1) is 10.1 Å². The lowest BCUT2D eigenvalue weighted by atomic mass is 10.1. The van der Waals surface area contributed by atoms with Crippen LogP contribution in [0.3, 0.4) is 0 Å². The predicted molar refractivity (Wildman–Crippen MR) is 60.1 cm³/mol. The second-order valence-electron chi connectivity index (χ2n) is 3.83. The minimum absolute atomic E-state index is 0.0238. The molecule has 1 aliphatic rings. The molecule has 1 amide bonds. The van der Waals surface area contributed by atoms with Crippen molar-refractivity contribution in [3.05, 3.63) is 33.9 Å². The van der Waals surface area contributed by atoms with E-state index in [1.807, 2.05) is 0 Å². The fourth-order valence-corrected chi connectivity index (χ4v) is 1.44. The van der Waals surface area contributed by atoms with Gasteiger partial charge in [0.25, 0.3) is 11.6 Å². The number of amides is 1. The van der Waals surface area contributed by atoms with Crippen LogP contribution < -0.4 is 10.1 Å². The second kappa shape index (κ2) is 4.40. The molecule has 1 aromatic carbocycles. The zero-order valence-corrected chi connectivity index (χ0v) is 9.30. The third-order valence-corrected chi connectivity index (χ3v) is 2.46. The van der Waals surface area contributed by atoms with Crippen molar-refractivity contribution in [3.8, 4) is 5.75 Å². The molecule has 1 aliphatic carbocycles. The first kappa shape index (κ1) is 11.4. The van der Waals surface area contributed by atoms with E-state index in [2.05, 4.69) is 5.32 Å². The van der Waals surface area contributed by atoms with Gasteiger partial charge >= 0.3 is 0 Å². The standard InChI is InChI=1S/C11H12N2O4/c1-12-11(14)9-6-8(17-7-2-3-7)4-5-10(9)13(15)16/h4-7H,2-3H2,1H3,(H,12,14). The number of nitrogens with zero attached hydrogens (tertiary/aromatic N) is 1. The normalized spacial score (nSPS) is 14.2. The summed E-state index contributed by atoms with van der Waals surface area (Å²) in [5, 5.41) is 13.1. The van der Waals surface area contributed by atoms with E-state index in [-0.39, 0.29) is 17.4 Å². The molecule has 0 radical (unpaired) electrons. The van der Waals surface area contributed by atoms with Crippen molar-refractivity contribution >= 4 is 11.6 Å². The molecule has 6 nitrogen and oxygen atoms in total. The Morgan fingerprint density at radius 1 is 1.53 bits per heavy atom. The second-order valence-corrected chi connectivity index (χ2v) is 3.83. The van der Waals surface area contributed by atoms with E-state index in [1.54, 1.807) is 0 Å². The van der Waals surface area contributed by atoms with E-state index >= 15 is 0 Å². The summed E-state index contributed by atoms with van der Waals surface area (Å²) in [6.07, 6.45) is 2.17. The first-order valence-corrected chi connectivity index (χ1v) is 5.29. The number of carbonyl (C=O) groups excluding carboxylic acids is 1. The van der Waals surface area contributed by atoms with Crippen molar-refractivity contribution in [2.45, 2.75) is 18.9 Å². The number of nitro benzene ring substituents is 1. The van der Waals surface area contributed by atoms with Gasteiger partial charge in [-0.05, 0) is 25.0 Å². The number of ether oxygens (including phenoxy) is 1. The minimum atomic E-state index is -0.578. The van der Waals surface area contributed by atoms with Crippen LogP contribution in [0.5, 0.6) is 5.75 Å². The summed E-state index contributed by atoms with van der Waals surface area (Å²) >= 11 is 0. The van der Waals surface area contributed by atoms with Gasteiger partial charge in [-0.2, -0.15) is 0 Å². The lowest BCUT2D eigenvalue weighted by Crippen LogP contribution is -2.19. The Kier molecular flexibility index (Phi) is 2.95. The Labute approximate surface area is 97.7 Å². The molecule has 1 aromatic rings. The largest absolute Gasteiger partial charge is 0.490 e. The Bertz CT molecular complexity index is 469. The third-order valence-electron chi connectivity index (χ3n) is 2.46. The number of hydrogen-bond donors (Lipinski definition) is 1. The Morgan fingerprint density at radius 3 is 2.76 bits per heavy atom. The summed E-state index contributed by atoms with van der Waals surface area (Å²) in [6.45, 7) is 0. The van der Waals surface area contributed by atoms with Crippen molar-refractivity contribution < 1.29 is 14.5 Å². The highest BCUT2D eigenvalue weighted by Gasteiger charge is 2.25. The Morgan fingerprint density at radius 2 is 2.24 bits per heavy atom. The number of hydrogen-bond acceptors (Lipinski definition) is 4. The number of nitrogens with one attached hydrogen (secondary N) is 1. The van der Waals surface area contributed by atoms with Crippen LogP contribution in [0.15, 0.2) is 18.2 Å². The average Bonchev–Trinajstić information content (AvgIpc) is 3.11. The van der Waals surface area contributed by atoms with Crippen LogP contribution >= 0.6 is 0 Å². The maximum atomic E-state index is 11.5. The van der Waals surface area contributed by atoms with Gasteiger partial charge in [0.1, 0.15) is 11.3 Å². The van der Waals surface area contributed by atoms with Gasteiger partial charge in [0.05, 0.1) is 11.0 Å². The molecule has 0 spiro atoms. The first-order valence-electron chi connectivity index (χ1n) is 5.29. The lowest BCUT2D eigenvalue weighted by molar-refractivity contribution is -0.385. The van der Waals surface area contributed by atoms with E-state index in [1.165, 1.54) is 25.2 Å². The Hall–Kier alpha value is -2.11. The Balaban J connectivity index is 2.34. The summed E-state index contributed by atoms with van der Waals surface area (Å²) in [5.74, 6) is 0.00893. The molecule has 17 heavy (non-hydrogen) atoms. The molecule has 0 aliphatic heterocycles. The van der Waals surface area contributed by atoms with Crippen molar-refractivity contribution in [2.24, 2.45) is 0 Å². The van der Waals surface area contributed by atoms with Gasteiger partial charge in [0.15, 0.2) is 0 Å². The minimum Gasteiger partial charge on any atom is -0.490 e. The van der Waals surface area contributed by atoms with E-state index in [0.29, 0.717) is 5.75 Å². The molecule has 0 bridgehead atoms. The molecule has 2 rings (SSSR count). The topological polar surface area (TPSA) is 81.5 Å². The SMILES string of the molecule is CNC(=O)c1cc(OC2CC2)ccc1[N+](=O)[O-]. The highest BCUT2D eigenvalue weighted by Crippen LogP contribution is 2.30. The molecular weight excluding hydrogens is 224 g/mol. The fraction of sp³-hybridized carbons (Fsp3) is 0.364. The first-order chi connectivity index (χ1) is 8.11. The van der Waals surface area contributed by atoms with Crippen LogP contribution in [0.4, 0.5) is 5.69 Å². The molecule has 0 saturated heterocycles. The van der Waals surface area contributed by atoms with Gasteiger partial charge < -0.3 is 10.1 Å². The van der Waals surface area contributed by atoms with Crippen LogP contribution in [0.2, 0.25) is 0 Å². The molecule has 0 aromatic heterocycles. The third kappa shape index (κ3) is 2.52. The summed E-state index contributed by atoms with van der Waals surface area (Å²) in [4.78, 5) is 21.7. The van der Waals surface area contributed by atoms with Crippen molar-refractivity contribution in [1.29, 1.82) is 0 Å². The highest BCUT2D eigenvalue weighted by molar-refractivity contribution is 5.98. The van der Waals surface area contributed by atoms with Crippen LogP contribution in [-0.2, 0) is 0 Å². The van der Waals surface area contributed by atoms with Gasteiger partial charge in [-0.15, -0.1) is 0 Å². The molecular formula is C11H12N2O4. The van der Waals surface area contributed by atoms with Crippen molar-refractivity contribution in [1.82, 2.24) is 5.32 Å². The van der Waals surface area contributed by atoms with Gasteiger partial charge in [-0.3, -0.25) is 14.9 Å². The summed E-state index contributed by atoms with van der Waals surface area (Å²) in [6, 6.07) is 4.22. The van der Waals surface area contributed by atoms with Crippen LogP contribution in [0.1, 0.15) is 23.2 Å². The smallest absolute Gasteiger partial charge is 0.282 e. The van der Waals surface area contributed by atoms with E-state index < -0.39 is 10.8 Å². The van der Waals surface area contributed by atoms with Gasteiger partial charge in [0, 0.05) is 13.1 Å². The number of carbonyl (C=O) groups is 1. The van der Waals surface area contributed by atoms with Gasteiger partial charge in [0.2, 0.25) is 0 Å². The highest BCUT2D eigenvalue weighted by atomic mass is 16.6. The summed E-state index contributed by atoms with van der Waals surface area (Å²) < 4.78 is 5.49. The van der Waals surface area contributed by atoms with E-state index in [0.717, 1.165) is 12.8 Å². The summed E-state index contributed by atoms with van der Waals surface area (Å²) in [7, 11) is 1.43. The molecule has 0 heterocycles. The molecule has 90 valence electrons. The molecule has 0 unspecified atom stereocenters. The van der Waals surface area contributed by atoms with Crippen molar-refractivity contribution in [3.63, 3.8) is 0 Å². The summed E-state index contributed by atoms with van der Waals surface area (Å²) in [5.41, 5.74) is -0.192. The molecule has 1 saturated carbocycles. The fourth-order valence-electron chi connectivity index (χ4n) is 1.44. The average molecular weight is 236 g/mol. The van der Waals surface area contributed by atoms with Gasteiger partial charge in [-0.1, -0.05) is 0 Å². The number of benzene rings is 1. The molecule has 6 heteroatoms. The van der Waals surface area contributed by atoms with E-state index in [9.17, 15) is 14.9 Å². The zero-order chi connectivity index (χ0) is 12.4. The van der Waals surface area contributed by atoms with Gasteiger partial charge in [-0.25, -0.2) is 0 Å². The van der Waals surface area contributed by atoms with Crippen molar-refractivity contribution in [2.75, 3.05) is 7.05 Å². The number of rotatable bonds is 4. The molecule has 1 N–H and O–H groups in total. The maximum absolute atomic E-state index is 11.5. The maximum Gasteiger partial charge on any atom is 0.282 e. The lowest BCUT2D eigenvalue weighted by Gasteiger charge is -2.06. The number of nitro groups is 1.